The molecule has 1 heterocycles. The highest BCUT2D eigenvalue weighted by Gasteiger charge is 2.40. The van der Waals surface area contributed by atoms with Crippen LogP contribution >= 0.6 is 0 Å². The number of alkyl halides is 3. The number of rotatable bonds is 6. The molecule has 130 valence electrons. The molecule has 5 nitrogen and oxygen atoms in total. The number of nitrogens with one attached hydrogen (secondary N) is 2. The minimum atomic E-state index is -4.70. The van der Waals surface area contributed by atoms with E-state index in [9.17, 15) is 18.0 Å². The number of aryl methyl sites for hydroxylation is 1. The first-order valence-corrected chi connectivity index (χ1v) is 7.56. The quantitative estimate of drug-likeness (QED) is 0.795. The third kappa shape index (κ3) is 3.94. The Kier molecular flexibility index (Phi) is 5.61. The molecule has 0 saturated heterocycles. The molecule has 1 aromatic heterocycles. The fraction of sp³-hybridized carbons (Fsp3) is 0.375. The molecule has 0 unspecified atom stereocenters. The minimum Gasteiger partial charge on any atom is -0.351 e. The number of likely N-dealkylation sites (N-methyl/N-ethyl adjacent to an activating group) is 1. The molecule has 0 aliphatic heterocycles. The lowest BCUT2D eigenvalue weighted by Gasteiger charge is -2.14. The van der Waals surface area contributed by atoms with Gasteiger partial charge in [0, 0.05) is 13.1 Å². The zero-order valence-electron chi connectivity index (χ0n) is 13.4. The van der Waals surface area contributed by atoms with E-state index in [2.05, 4.69) is 15.7 Å². The third-order valence-electron chi connectivity index (χ3n) is 3.46. The fourth-order valence-corrected chi connectivity index (χ4v) is 2.31. The van der Waals surface area contributed by atoms with Gasteiger partial charge < -0.3 is 10.6 Å². The maximum Gasteiger partial charge on any atom is 0.434 e. The lowest BCUT2D eigenvalue weighted by molar-refractivity contribution is -0.143. The van der Waals surface area contributed by atoms with Crippen LogP contribution in [-0.2, 0) is 6.18 Å². The van der Waals surface area contributed by atoms with Crippen LogP contribution in [0.15, 0.2) is 30.5 Å². The molecule has 2 N–H and O–H groups in total. The number of amides is 1. The van der Waals surface area contributed by atoms with Crippen molar-refractivity contribution in [1.82, 2.24) is 20.4 Å². The normalized spacial score (nSPS) is 11.5. The van der Waals surface area contributed by atoms with Crippen molar-refractivity contribution in [2.75, 3.05) is 19.6 Å². The lowest BCUT2D eigenvalue weighted by atomic mass is 10.1. The van der Waals surface area contributed by atoms with E-state index in [-0.39, 0.29) is 12.2 Å². The monoisotopic (exact) mass is 340 g/mol. The van der Waals surface area contributed by atoms with Crippen molar-refractivity contribution in [1.29, 1.82) is 0 Å². The molecule has 0 aliphatic carbocycles. The first-order chi connectivity index (χ1) is 11.4. The molecule has 24 heavy (non-hydrogen) atoms. The summed E-state index contributed by atoms with van der Waals surface area (Å²) in [7, 11) is 0. The smallest absolute Gasteiger partial charge is 0.351 e. The Morgan fingerprint density at radius 3 is 2.58 bits per heavy atom. The number of carbonyl (C=O) groups excluding carboxylic acids is 1. The van der Waals surface area contributed by atoms with Gasteiger partial charge in [0.05, 0.1) is 17.4 Å². The Bertz CT molecular complexity index is 710. The van der Waals surface area contributed by atoms with Crippen molar-refractivity contribution in [3.05, 3.63) is 47.3 Å². The Hall–Kier alpha value is -2.35. The van der Waals surface area contributed by atoms with Crippen LogP contribution in [0.4, 0.5) is 13.2 Å². The first-order valence-electron chi connectivity index (χ1n) is 7.56. The summed E-state index contributed by atoms with van der Waals surface area (Å²) in [6.07, 6.45) is -3.75. The van der Waals surface area contributed by atoms with E-state index in [1.165, 1.54) is 6.07 Å². The van der Waals surface area contributed by atoms with E-state index in [0.29, 0.717) is 12.1 Å². The van der Waals surface area contributed by atoms with Gasteiger partial charge in [-0.15, -0.1) is 0 Å². The lowest BCUT2D eigenvalue weighted by Crippen LogP contribution is -2.32. The number of aromatic nitrogens is 2. The first kappa shape index (κ1) is 18.0. The van der Waals surface area contributed by atoms with Crippen LogP contribution < -0.4 is 10.6 Å². The van der Waals surface area contributed by atoms with Crippen LogP contribution in [0.5, 0.6) is 0 Å². The molecule has 8 heteroatoms. The summed E-state index contributed by atoms with van der Waals surface area (Å²) in [6.45, 7) is 5.02. The molecule has 2 aromatic rings. The highest BCUT2D eigenvalue weighted by molar-refractivity contribution is 5.95. The molecule has 1 amide bonds. The van der Waals surface area contributed by atoms with Crippen molar-refractivity contribution >= 4 is 5.91 Å². The van der Waals surface area contributed by atoms with Crippen LogP contribution in [0.1, 0.15) is 28.5 Å². The van der Waals surface area contributed by atoms with Crippen LogP contribution in [-0.4, -0.2) is 35.3 Å². The van der Waals surface area contributed by atoms with E-state index in [4.69, 9.17) is 0 Å². The number of hydrogen-bond donors (Lipinski definition) is 2. The summed E-state index contributed by atoms with van der Waals surface area (Å²) < 4.78 is 41.3. The van der Waals surface area contributed by atoms with Gasteiger partial charge in [-0.25, -0.2) is 4.68 Å². The van der Waals surface area contributed by atoms with Gasteiger partial charge in [-0.2, -0.15) is 18.3 Å². The Morgan fingerprint density at radius 1 is 1.25 bits per heavy atom. The topological polar surface area (TPSA) is 58.9 Å². The van der Waals surface area contributed by atoms with Gasteiger partial charge in [-0.05, 0) is 25.1 Å². The zero-order valence-corrected chi connectivity index (χ0v) is 13.4. The average molecular weight is 340 g/mol. The van der Waals surface area contributed by atoms with E-state index in [1.54, 1.807) is 25.1 Å². The van der Waals surface area contributed by atoms with Crippen molar-refractivity contribution in [3.63, 3.8) is 0 Å². The number of carbonyl (C=O) groups is 1. The molecule has 0 saturated carbocycles. The summed E-state index contributed by atoms with van der Waals surface area (Å²) in [4.78, 5) is 12.1. The van der Waals surface area contributed by atoms with Crippen molar-refractivity contribution in [2.24, 2.45) is 0 Å². The van der Waals surface area contributed by atoms with Gasteiger partial charge in [0.25, 0.3) is 5.91 Å². The van der Waals surface area contributed by atoms with Gasteiger partial charge in [0.1, 0.15) is 0 Å². The number of benzene rings is 1. The van der Waals surface area contributed by atoms with Crippen LogP contribution in [0.3, 0.4) is 0 Å². The predicted octanol–water partition coefficient (Wildman–Crippen LogP) is 2.54. The summed E-state index contributed by atoms with van der Waals surface area (Å²) in [5.74, 6) is -0.792. The fourth-order valence-electron chi connectivity index (χ4n) is 2.31. The van der Waals surface area contributed by atoms with Gasteiger partial charge in [-0.1, -0.05) is 25.1 Å². The predicted molar refractivity (Wildman–Crippen MR) is 84.2 cm³/mol. The maximum absolute atomic E-state index is 13.5. The Morgan fingerprint density at radius 2 is 1.96 bits per heavy atom. The van der Waals surface area contributed by atoms with Crippen LogP contribution in [0.25, 0.3) is 5.69 Å². The Labute approximate surface area is 137 Å². The second kappa shape index (κ2) is 7.48. The number of para-hydroxylation sites is 1. The van der Waals surface area contributed by atoms with Crippen molar-refractivity contribution < 1.29 is 18.0 Å². The molecule has 0 spiro atoms. The Balaban J connectivity index is 2.37. The molecule has 2 rings (SSSR count). The highest BCUT2D eigenvalue weighted by atomic mass is 19.4. The van der Waals surface area contributed by atoms with E-state index in [0.717, 1.165) is 17.4 Å². The largest absolute Gasteiger partial charge is 0.434 e. The maximum atomic E-state index is 13.5. The minimum absolute atomic E-state index is 0.236. The third-order valence-corrected chi connectivity index (χ3v) is 3.46. The van der Waals surface area contributed by atoms with E-state index in [1.807, 2.05) is 6.92 Å². The number of nitrogens with zero attached hydrogens (tertiary/aromatic N) is 2. The number of hydrogen-bond acceptors (Lipinski definition) is 3. The van der Waals surface area contributed by atoms with Crippen LogP contribution in [0.2, 0.25) is 0 Å². The summed E-state index contributed by atoms with van der Waals surface area (Å²) in [5.41, 5.74) is -0.637. The molecule has 0 aliphatic rings. The van der Waals surface area contributed by atoms with Gasteiger partial charge in [-0.3, -0.25) is 4.79 Å². The molecular weight excluding hydrogens is 321 g/mol. The molecule has 0 fully saturated rings. The molecule has 0 atom stereocenters. The second-order valence-corrected chi connectivity index (χ2v) is 5.21. The molecule has 1 aromatic carbocycles. The average Bonchev–Trinajstić information content (AvgIpc) is 2.97. The number of halogens is 3. The molecule has 0 bridgehead atoms. The van der Waals surface area contributed by atoms with E-state index < -0.39 is 23.3 Å². The second-order valence-electron chi connectivity index (χ2n) is 5.21. The van der Waals surface area contributed by atoms with Gasteiger partial charge >= 0.3 is 6.18 Å². The van der Waals surface area contributed by atoms with Gasteiger partial charge in [0.15, 0.2) is 5.69 Å². The van der Waals surface area contributed by atoms with E-state index >= 15 is 0 Å². The zero-order chi connectivity index (χ0) is 17.7. The molecular formula is C16H19F3N4O. The summed E-state index contributed by atoms with van der Waals surface area (Å²) >= 11 is 0. The van der Waals surface area contributed by atoms with Crippen molar-refractivity contribution in [2.45, 2.75) is 20.0 Å². The summed E-state index contributed by atoms with van der Waals surface area (Å²) in [6, 6.07) is 6.57. The van der Waals surface area contributed by atoms with Crippen molar-refractivity contribution in [3.8, 4) is 5.69 Å². The molecule has 0 radical (unpaired) electrons. The van der Waals surface area contributed by atoms with Crippen LogP contribution in [0, 0.1) is 6.92 Å². The SMILES string of the molecule is CCNCCNC(=O)c1cnn(-c2ccccc2C)c1C(F)(F)F. The highest BCUT2D eigenvalue weighted by Crippen LogP contribution is 2.34. The summed E-state index contributed by atoms with van der Waals surface area (Å²) in [5, 5.41) is 9.25. The standard InChI is InChI=1S/C16H19F3N4O/c1-3-20-8-9-21-15(24)12-10-22-23(14(12)16(17,18)19)13-7-5-4-6-11(13)2/h4-7,10,20H,3,8-9H2,1-2H3,(H,21,24). The van der Waals surface area contributed by atoms with Gasteiger partial charge in [0.2, 0.25) is 0 Å².